The lowest BCUT2D eigenvalue weighted by atomic mass is 10.0. The van der Waals surface area contributed by atoms with Crippen molar-refractivity contribution in [1.82, 2.24) is 0 Å². The van der Waals surface area contributed by atoms with Crippen LogP contribution in [0.15, 0.2) is 24.3 Å². The molecule has 90 valence electrons. The van der Waals surface area contributed by atoms with E-state index in [-0.39, 0.29) is 23.5 Å². The van der Waals surface area contributed by atoms with E-state index in [1.807, 2.05) is 0 Å². The molecule has 1 aromatic carbocycles. The van der Waals surface area contributed by atoms with Gasteiger partial charge in [-0.05, 0) is 19.1 Å². The number of nitrogens with zero attached hydrogens (tertiary/aromatic N) is 2. The van der Waals surface area contributed by atoms with Gasteiger partial charge in [0.2, 0.25) is 6.04 Å². The zero-order valence-electron chi connectivity index (χ0n) is 9.03. The Bertz CT molecular complexity index is 454. The molecular formula is C10H10N2O5. The Labute approximate surface area is 96.4 Å². The van der Waals surface area contributed by atoms with E-state index >= 15 is 0 Å². The summed E-state index contributed by atoms with van der Waals surface area (Å²) >= 11 is 0. The highest BCUT2D eigenvalue weighted by Crippen LogP contribution is 2.23. The summed E-state index contributed by atoms with van der Waals surface area (Å²) in [5.41, 5.74) is 0.148. The normalized spacial score (nSPS) is 11.8. The van der Waals surface area contributed by atoms with Crippen LogP contribution in [0, 0.1) is 20.2 Å². The smallest absolute Gasteiger partial charge is 0.269 e. The molecule has 0 aliphatic heterocycles. The summed E-state index contributed by atoms with van der Waals surface area (Å²) < 4.78 is 0. The number of hydrogen-bond acceptors (Lipinski definition) is 5. The average molecular weight is 238 g/mol. The second-order valence-corrected chi connectivity index (χ2v) is 3.56. The third-order valence-electron chi connectivity index (χ3n) is 2.22. The molecule has 0 spiro atoms. The molecule has 1 rings (SSSR count). The molecule has 0 bridgehead atoms. The van der Waals surface area contributed by atoms with Crippen LogP contribution in [0.25, 0.3) is 0 Å². The SMILES string of the molecule is CC(=O)CC(c1ccc([N+](=O)[O-])cc1)[N+](=O)[O-]. The Balaban J connectivity index is 2.99. The van der Waals surface area contributed by atoms with E-state index in [1.165, 1.54) is 31.2 Å². The van der Waals surface area contributed by atoms with Crippen LogP contribution < -0.4 is 0 Å². The first-order valence-electron chi connectivity index (χ1n) is 4.79. The van der Waals surface area contributed by atoms with Crippen LogP contribution in [0.5, 0.6) is 0 Å². The van der Waals surface area contributed by atoms with Crippen molar-refractivity contribution < 1.29 is 14.6 Å². The van der Waals surface area contributed by atoms with Crippen LogP contribution in [-0.4, -0.2) is 15.6 Å². The van der Waals surface area contributed by atoms with Crippen LogP contribution in [0.3, 0.4) is 0 Å². The fraction of sp³-hybridized carbons (Fsp3) is 0.300. The summed E-state index contributed by atoms with van der Waals surface area (Å²) in [7, 11) is 0. The largest absolute Gasteiger partial charge is 0.300 e. The third-order valence-corrected chi connectivity index (χ3v) is 2.22. The van der Waals surface area contributed by atoms with Gasteiger partial charge >= 0.3 is 0 Å². The zero-order chi connectivity index (χ0) is 13.0. The molecule has 7 nitrogen and oxygen atoms in total. The van der Waals surface area contributed by atoms with Crippen molar-refractivity contribution in [2.24, 2.45) is 0 Å². The van der Waals surface area contributed by atoms with Gasteiger partial charge in [0, 0.05) is 22.6 Å². The van der Waals surface area contributed by atoms with Crippen LogP contribution in [0.1, 0.15) is 24.9 Å². The molecule has 0 aliphatic carbocycles. The molecule has 0 heterocycles. The van der Waals surface area contributed by atoms with Gasteiger partial charge < -0.3 is 0 Å². The minimum absolute atomic E-state index is 0.140. The van der Waals surface area contributed by atoms with Gasteiger partial charge in [-0.25, -0.2) is 0 Å². The van der Waals surface area contributed by atoms with Crippen molar-refractivity contribution in [1.29, 1.82) is 0 Å². The van der Waals surface area contributed by atoms with Gasteiger partial charge in [0.15, 0.2) is 0 Å². The van der Waals surface area contributed by atoms with Crippen LogP contribution >= 0.6 is 0 Å². The molecule has 7 heteroatoms. The first-order chi connectivity index (χ1) is 7.91. The second kappa shape index (κ2) is 5.15. The number of hydrogen-bond donors (Lipinski definition) is 0. The van der Waals surface area contributed by atoms with E-state index in [0.29, 0.717) is 0 Å². The molecule has 0 fully saturated rings. The number of carbonyl (C=O) groups is 1. The first-order valence-corrected chi connectivity index (χ1v) is 4.79. The summed E-state index contributed by atoms with van der Waals surface area (Å²) in [5.74, 6) is -0.301. The van der Waals surface area contributed by atoms with E-state index in [4.69, 9.17) is 0 Å². The molecular weight excluding hydrogens is 228 g/mol. The fourth-order valence-electron chi connectivity index (χ4n) is 1.40. The molecule has 1 atom stereocenters. The number of nitro groups is 2. The molecule has 0 saturated carbocycles. The van der Waals surface area contributed by atoms with Gasteiger partial charge in [0.25, 0.3) is 5.69 Å². The minimum Gasteiger partial charge on any atom is -0.300 e. The van der Waals surface area contributed by atoms with E-state index < -0.39 is 15.9 Å². The molecule has 0 N–H and O–H groups in total. The first kappa shape index (κ1) is 12.8. The Morgan fingerprint density at radius 2 is 1.76 bits per heavy atom. The van der Waals surface area contributed by atoms with Crippen molar-refractivity contribution in [3.8, 4) is 0 Å². The lowest BCUT2D eigenvalue weighted by Gasteiger charge is -2.07. The van der Waals surface area contributed by atoms with E-state index in [9.17, 15) is 25.0 Å². The number of Topliss-reactive ketones (excluding diaryl/α,β-unsaturated/α-hetero) is 1. The van der Waals surface area contributed by atoms with E-state index in [2.05, 4.69) is 0 Å². The van der Waals surface area contributed by atoms with E-state index in [0.717, 1.165) is 0 Å². The minimum atomic E-state index is -1.15. The highest BCUT2D eigenvalue weighted by molar-refractivity contribution is 5.76. The summed E-state index contributed by atoms with van der Waals surface area (Å²) in [4.78, 5) is 30.9. The molecule has 1 unspecified atom stereocenters. The van der Waals surface area contributed by atoms with Gasteiger partial charge in [0.1, 0.15) is 5.78 Å². The quantitative estimate of drug-likeness (QED) is 0.575. The zero-order valence-corrected chi connectivity index (χ0v) is 9.03. The molecule has 0 saturated heterocycles. The Morgan fingerprint density at radius 1 is 1.24 bits per heavy atom. The number of non-ortho nitro benzene ring substituents is 1. The predicted molar refractivity (Wildman–Crippen MR) is 58.1 cm³/mol. The maximum Gasteiger partial charge on any atom is 0.269 e. The number of rotatable bonds is 5. The van der Waals surface area contributed by atoms with Crippen molar-refractivity contribution in [2.75, 3.05) is 0 Å². The van der Waals surface area contributed by atoms with Gasteiger partial charge in [-0.15, -0.1) is 0 Å². The van der Waals surface area contributed by atoms with Crippen molar-refractivity contribution in [3.05, 3.63) is 50.1 Å². The van der Waals surface area contributed by atoms with Gasteiger partial charge in [-0.3, -0.25) is 25.0 Å². The van der Waals surface area contributed by atoms with Gasteiger partial charge in [-0.1, -0.05) is 0 Å². The highest BCUT2D eigenvalue weighted by Gasteiger charge is 2.25. The maximum atomic E-state index is 10.9. The predicted octanol–water partition coefficient (Wildman–Crippen LogP) is 1.89. The average Bonchev–Trinajstić information content (AvgIpc) is 2.25. The number of carbonyl (C=O) groups excluding carboxylic acids is 1. The molecule has 0 radical (unpaired) electrons. The van der Waals surface area contributed by atoms with Gasteiger partial charge in [0.05, 0.1) is 11.3 Å². The Morgan fingerprint density at radius 3 is 2.12 bits per heavy atom. The molecule has 0 amide bonds. The fourth-order valence-corrected chi connectivity index (χ4v) is 1.40. The maximum absolute atomic E-state index is 10.9. The van der Waals surface area contributed by atoms with Crippen LogP contribution in [-0.2, 0) is 4.79 Å². The lowest BCUT2D eigenvalue weighted by Crippen LogP contribution is -2.13. The molecule has 17 heavy (non-hydrogen) atoms. The standard InChI is InChI=1S/C10H10N2O5/c1-7(13)6-10(12(16)17)8-2-4-9(5-3-8)11(14)15/h2-5,10H,6H2,1H3. The summed E-state index contributed by atoms with van der Waals surface area (Å²) in [6.07, 6.45) is -0.217. The Kier molecular flexibility index (Phi) is 3.86. The Hall–Kier alpha value is -2.31. The topological polar surface area (TPSA) is 103 Å². The number of nitro benzene ring substituents is 1. The molecule has 1 aromatic rings. The van der Waals surface area contributed by atoms with Crippen molar-refractivity contribution in [3.63, 3.8) is 0 Å². The summed E-state index contributed by atoms with van der Waals surface area (Å²) in [6.45, 7) is 1.27. The lowest BCUT2D eigenvalue weighted by molar-refractivity contribution is -0.527. The third kappa shape index (κ3) is 3.33. The highest BCUT2D eigenvalue weighted by atomic mass is 16.6. The van der Waals surface area contributed by atoms with Crippen molar-refractivity contribution in [2.45, 2.75) is 19.4 Å². The molecule has 0 aliphatic rings. The summed E-state index contributed by atoms with van der Waals surface area (Å²) in [6, 6.07) is 3.83. The van der Waals surface area contributed by atoms with Crippen LogP contribution in [0.2, 0.25) is 0 Å². The van der Waals surface area contributed by atoms with Crippen molar-refractivity contribution >= 4 is 11.5 Å². The van der Waals surface area contributed by atoms with Gasteiger partial charge in [-0.2, -0.15) is 0 Å². The second-order valence-electron chi connectivity index (χ2n) is 3.56. The number of benzene rings is 1. The molecule has 0 aromatic heterocycles. The summed E-state index contributed by atoms with van der Waals surface area (Å²) in [5, 5.41) is 21.2. The van der Waals surface area contributed by atoms with E-state index in [1.54, 1.807) is 0 Å². The van der Waals surface area contributed by atoms with Crippen LogP contribution in [0.4, 0.5) is 5.69 Å². The number of ketones is 1. The monoisotopic (exact) mass is 238 g/mol.